The molecule has 0 spiro atoms. The average Bonchev–Trinajstić information content (AvgIpc) is 2.75. The van der Waals surface area contributed by atoms with E-state index in [1.165, 1.54) is 6.20 Å². The summed E-state index contributed by atoms with van der Waals surface area (Å²) in [5, 5.41) is 6.57. The van der Waals surface area contributed by atoms with Crippen molar-refractivity contribution in [1.82, 2.24) is 20.3 Å². The van der Waals surface area contributed by atoms with Crippen LogP contribution >= 0.6 is 15.9 Å². The number of aromatic nitrogens is 3. The lowest BCUT2D eigenvalue weighted by molar-refractivity contribution is 0.0958. The van der Waals surface area contributed by atoms with Crippen molar-refractivity contribution in [3.8, 4) is 11.5 Å². The molecule has 0 aliphatic carbocycles. The summed E-state index contributed by atoms with van der Waals surface area (Å²) in [6, 6.07) is 16.6. The minimum atomic E-state index is -0.271. The molecule has 7 nitrogen and oxygen atoms in total. The molecule has 1 amide bonds. The summed E-state index contributed by atoms with van der Waals surface area (Å²) in [5.74, 6) is 1.36. The van der Waals surface area contributed by atoms with E-state index in [1.54, 1.807) is 25.4 Å². The van der Waals surface area contributed by atoms with Crippen LogP contribution in [0.5, 0.6) is 11.5 Å². The van der Waals surface area contributed by atoms with Crippen molar-refractivity contribution in [2.24, 2.45) is 0 Å². The molecule has 4 rings (SSSR count). The summed E-state index contributed by atoms with van der Waals surface area (Å²) in [5.41, 5.74) is 1.95. The fourth-order valence-corrected chi connectivity index (χ4v) is 3.07. The van der Waals surface area contributed by atoms with E-state index < -0.39 is 0 Å². The molecule has 2 N–H and O–H groups in total. The fourth-order valence-electron chi connectivity index (χ4n) is 2.68. The van der Waals surface area contributed by atoms with Gasteiger partial charge in [0.15, 0.2) is 0 Å². The molecule has 0 saturated heterocycles. The Morgan fingerprint density at radius 2 is 1.86 bits per heavy atom. The van der Waals surface area contributed by atoms with Gasteiger partial charge in [0, 0.05) is 35.4 Å². The predicted molar refractivity (Wildman–Crippen MR) is 115 cm³/mol. The summed E-state index contributed by atoms with van der Waals surface area (Å²) in [6.45, 7) is 0. The molecule has 8 heteroatoms. The van der Waals surface area contributed by atoms with Crippen LogP contribution in [0.15, 0.2) is 71.5 Å². The maximum Gasteiger partial charge on any atom is 0.269 e. The second kappa shape index (κ2) is 8.24. The first-order chi connectivity index (χ1) is 14.1. The van der Waals surface area contributed by atoms with Crippen molar-refractivity contribution in [2.75, 3.05) is 12.4 Å². The van der Waals surface area contributed by atoms with Crippen molar-refractivity contribution in [3.05, 3.63) is 77.2 Å². The Balaban J connectivity index is 1.56. The molecule has 0 radical (unpaired) electrons. The van der Waals surface area contributed by atoms with Crippen LogP contribution in [-0.2, 0) is 0 Å². The van der Waals surface area contributed by atoms with Gasteiger partial charge in [-0.15, -0.1) is 0 Å². The van der Waals surface area contributed by atoms with Crippen LogP contribution in [0.25, 0.3) is 10.9 Å². The van der Waals surface area contributed by atoms with Gasteiger partial charge in [0.25, 0.3) is 5.91 Å². The van der Waals surface area contributed by atoms with E-state index in [4.69, 9.17) is 4.74 Å². The fraction of sp³-hybridized carbons (Fsp3) is 0.0476. The molecule has 0 atom stereocenters. The van der Waals surface area contributed by atoms with Gasteiger partial charge in [-0.2, -0.15) is 0 Å². The maximum absolute atomic E-state index is 11.7. The Hall–Kier alpha value is -3.52. The molecule has 29 heavy (non-hydrogen) atoms. The molecular formula is C21H16BrN5O2. The quantitative estimate of drug-likeness (QED) is 0.459. The van der Waals surface area contributed by atoms with E-state index in [-0.39, 0.29) is 11.6 Å². The lowest BCUT2D eigenvalue weighted by Crippen LogP contribution is -2.18. The molecule has 144 valence electrons. The third kappa shape index (κ3) is 4.33. The second-order valence-electron chi connectivity index (χ2n) is 6.08. The molecule has 0 bridgehead atoms. The highest BCUT2D eigenvalue weighted by atomic mass is 79.9. The van der Waals surface area contributed by atoms with E-state index in [0.717, 1.165) is 21.1 Å². The van der Waals surface area contributed by atoms with Crippen LogP contribution < -0.4 is 15.4 Å². The first-order valence-corrected chi connectivity index (χ1v) is 9.56. The minimum absolute atomic E-state index is 0.271. The summed E-state index contributed by atoms with van der Waals surface area (Å²) in [7, 11) is 1.56. The van der Waals surface area contributed by atoms with Gasteiger partial charge < -0.3 is 15.4 Å². The number of benzene rings is 2. The third-order valence-corrected chi connectivity index (χ3v) is 4.79. The van der Waals surface area contributed by atoms with Gasteiger partial charge >= 0.3 is 0 Å². The zero-order valence-corrected chi connectivity index (χ0v) is 17.0. The molecule has 0 saturated carbocycles. The summed E-state index contributed by atoms with van der Waals surface area (Å²) >= 11 is 3.50. The van der Waals surface area contributed by atoms with E-state index >= 15 is 0 Å². The van der Waals surface area contributed by atoms with E-state index in [2.05, 4.69) is 41.5 Å². The first-order valence-electron chi connectivity index (χ1n) is 8.77. The Morgan fingerprint density at radius 3 is 2.69 bits per heavy atom. The van der Waals surface area contributed by atoms with Gasteiger partial charge in [0.1, 0.15) is 17.2 Å². The first kappa shape index (κ1) is 18.8. The van der Waals surface area contributed by atoms with Crippen LogP contribution in [0, 0.1) is 0 Å². The van der Waals surface area contributed by atoms with Crippen molar-refractivity contribution < 1.29 is 9.53 Å². The number of carbonyl (C=O) groups excluding carboxylic acids is 1. The van der Waals surface area contributed by atoms with Gasteiger partial charge in [0.2, 0.25) is 5.95 Å². The summed E-state index contributed by atoms with van der Waals surface area (Å²) in [6.07, 6.45) is 3.26. The van der Waals surface area contributed by atoms with E-state index in [9.17, 15) is 4.79 Å². The number of ether oxygens (including phenoxy) is 1. The van der Waals surface area contributed by atoms with Gasteiger partial charge in [0.05, 0.1) is 11.2 Å². The Bertz CT molecular complexity index is 1200. The highest BCUT2D eigenvalue weighted by Gasteiger charge is 2.08. The Morgan fingerprint density at radius 1 is 1.03 bits per heavy atom. The summed E-state index contributed by atoms with van der Waals surface area (Å²) in [4.78, 5) is 24.7. The normalized spacial score (nSPS) is 10.6. The SMILES string of the molecule is CNC(=O)c1cc(Oc2ccc3nc(Nc4ccccc4Br)ncc3c2)ccn1. The molecule has 0 fully saturated rings. The van der Waals surface area contributed by atoms with Crippen LogP contribution in [0.3, 0.4) is 0 Å². The van der Waals surface area contributed by atoms with E-state index in [0.29, 0.717) is 17.4 Å². The topological polar surface area (TPSA) is 89.0 Å². The minimum Gasteiger partial charge on any atom is -0.457 e. The number of hydrogen-bond acceptors (Lipinski definition) is 6. The van der Waals surface area contributed by atoms with Crippen molar-refractivity contribution in [2.45, 2.75) is 0 Å². The van der Waals surface area contributed by atoms with Crippen molar-refractivity contribution in [1.29, 1.82) is 0 Å². The number of hydrogen-bond donors (Lipinski definition) is 2. The number of para-hydroxylation sites is 1. The average molecular weight is 450 g/mol. The number of halogens is 1. The van der Waals surface area contributed by atoms with Crippen LogP contribution in [0.1, 0.15) is 10.5 Å². The number of carbonyl (C=O) groups is 1. The van der Waals surface area contributed by atoms with Crippen LogP contribution in [-0.4, -0.2) is 27.9 Å². The lowest BCUT2D eigenvalue weighted by atomic mass is 10.2. The number of fused-ring (bicyclic) bond motifs is 1. The smallest absolute Gasteiger partial charge is 0.269 e. The zero-order chi connectivity index (χ0) is 20.2. The Kier molecular flexibility index (Phi) is 5.35. The highest BCUT2D eigenvalue weighted by Crippen LogP contribution is 2.27. The van der Waals surface area contributed by atoms with E-state index in [1.807, 2.05) is 42.5 Å². The number of anilines is 2. The molecule has 2 aromatic heterocycles. The van der Waals surface area contributed by atoms with Gasteiger partial charge in [-0.3, -0.25) is 9.78 Å². The monoisotopic (exact) mass is 449 g/mol. The molecule has 2 aromatic carbocycles. The molecular weight excluding hydrogens is 434 g/mol. The number of amides is 1. The molecule has 0 aliphatic rings. The number of nitrogens with zero attached hydrogens (tertiary/aromatic N) is 3. The van der Waals surface area contributed by atoms with Gasteiger partial charge in [-0.05, 0) is 52.3 Å². The standard InChI is InChI=1S/C21H16BrN5O2/c1-23-20(28)19-11-15(8-9-24-19)29-14-6-7-17-13(10-14)12-25-21(26-17)27-18-5-3-2-4-16(18)22/h2-12H,1H3,(H,23,28)(H,25,26,27). The number of rotatable bonds is 5. The van der Waals surface area contributed by atoms with Crippen molar-refractivity contribution in [3.63, 3.8) is 0 Å². The van der Waals surface area contributed by atoms with Crippen LogP contribution in [0.4, 0.5) is 11.6 Å². The predicted octanol–water partition coefficient (Wildman–Crippen LogP) is 4.68. The van der Waals surface area contributed by atoms with Gasteiger partial charge in [-0.25, -0.2) is 9.97 Å². The van der Waals surface area contributed by atoms with Crippen LogP contribution in [0.2, 0.25) is 0 Å². The van der Waals surface area contributed by atoms with Crippen molar-refractivity contribution >= 4 is 44.4 Å². The van der Waals surface area contributed by atoms with Gasteiger partial charge in [-0.1, -0.05) is 12.1 Å². The second-order valence-corrected chi connectivity index (χ2v) is 6.93. The highest BCUT2D eigenvalue weighted by molar-refractivity contribution is 9.10. The number of nitrogens with one attached hydrogen (secondary N) is 2. The molecule has 0 unspecified atom stereocenters. The molecule has 2 heterocycles. The zero-order valence-electron chi connectivity index (χ0n) is 15.4. The molecule has 0 aliphatic heterocycles. The third-order valence-electron chi connectivity index (χ3n) is 4.10. The Labute approximate surface area is 175 Å². The number of pyridine rings is 1. The molecule has 4 aromatic rings. The maximum atomic E-state index is 11.7. The lowest BCUT2D eigenvalue weighted by Gasteiger charge is -2.09. The summed E-state index contributed by atoms with van der Waals surface area (Å²) < 4.78 is 6.80. The largest absolute Gasteiger partial charge is 0.457 e.